The van der Waals surface area contributed by atoms with Crippen LogP contribution in [0.3, 0.4) is 0 Å². The maximum atomic E-state index is 13.0. The van der Waals surface area contributed by atoms with Gasteiger partial charge in [-0.25, -0.2) is 16.8 Å². The third-order valence-corrected chi connectivity index (χ3v) is 8.94. The van der Waals surface area contributed by atoms with Gasteiger partial charge >= 0.3 is 0 Å². The van der Waals surface area contributed by atoms with Crippen LogP contribution in [0.2, 0.25) is 10.0 Å². The second-order valence-corrected chi connectivity index (χ2v) is 12.7. The molecule has 0 aromatic heterocycles. The highest BCUT2D eigenvalue weighted by atomic mass is 35.5. The molecule has 0 N–H and O–H groups in total. The maximum absolute atomic E-state index is 13.0. The van der Waals surface area contributed by atoms with Crippen molar-refractivity contribution in [3.8, 4) is 11.5 Å². The molecule has 1 atom stereocenters. The summed E-state index contributed by atoms with van der Waals surface area (Å²) in [5.41, 5.74) is 0. The van der Waals surface area contributed by atoms with Crippen LogP contribution in [0.15, 0.2) is 46.2 Å². The number of hydrogen-bond donors (Lipinski definition) is 0. The molecule has 1 unspecified atom stereocenters. The molecule has 0 bridgehead atoms. The van der Waals surface area contributed by atoms with Gasteiger partial charge in [-0.3, -0.25) is 0 Å². The molecule has 0 aliphatic rings. The molecular weight excluding hydrogens is 495 g/mol. The van der Waals surface area contributed by atoms with Crippen molar-refractivity contribution in [1.82, 2.24) is 0 Å². The Morgan fingerprint density at radius 1 is 0.906 bits per heavy atom. The van der Waals surface area contributed by atoms with Gasteiger partial charge in [0.1, 0.15) is 15.6 Å². The summed E-state index contributed by atoms with van der Waals surface area (Å²) in [6, 6.07) is 8.55. The Balaban J connectivity index is 2.13. The van der Waals surface area contributed by atoms with Crippen molar-refractivity contribution in [3.63, 3.8) is 0 Å². The summed E-state index contributed by atoms with van der Waals surface area (Å²) in [6.07, 6.45) is 1.77. The van der Waals surface area contributed by atoms with Crippen molar-refractivity contribution in [2.75, 3.05) is 24.7 Å². The van der Waals surface area contributed by atoms with Gasteiger partial charge in [0.2, 0.25) is 9.84 Å². The molecule has 0 fully saturated rings. The van der Waals surface area contributed by atoms with E-state index < -0.39 is 19.7 Å². The Bertz CT molecular complexity index is 1090. The van der Waals surface area contributed by atoms with E-state index in [-0.39, 0.29) is 49.6 Å². The highest BCUT2D eigenvalue weighted by Gasteiger charge is 2.22. The third kappa shape index (κ3) is 7.27. The van der Waals surface area contributed by atoms with Crippen LogP contribution in [0.5, 0.6) is 11.5 Å². The van der Waals surface area contributed by atoms with Gasteiger partial charge < -0.3 is 9.47 Å². The summed E-state index contributed by atoms with van der Waals surface area (Å²) in [5, 5.41) is 0.256. The van der Waals surface area contributed by atoms with E-state index in [1.54, 1.807) is 13.8 Å². The van der Waals surface area contributed by atoms with Gasteiger partial charge in [0.25, 0.3) is 0 Å². The molecule has 2 aromatic rings. The predicted octanol–water partition coefficient (Wildman–Crippen LogP) is 5.45. The van der Waals surface area contributed by atoms with E-state index in [0.717, 1.165) is 12.8 Å². The first-order valence-electron chi connectivity index (χ1n) is 10.3. The maximum Gasteiger partial charge on any atom is 0.206 e. The fourth-order valence-electron chi connectivity index (χ4n) is 2.84. The van der Waals surface area contributed by atoms with Gasteiger partial charge in [0.05, 0.1) is 38.8 Å². The summed E-state index contributed by atoms with van der Waals surface area (Å²) in [5.74, 6) is 0.647. The largest absolute Gasteiger partial charge is 0.493 e. The highest BCUT2D eigenvalue weighted by molar-refractivity contribution is 7.91. The van der Waals surface area contributed by atoms with Crippen molar-refractivity contribution in [2.45, 2.75) is 43.4 Å². The molecule has 32 heavy (non-hydrogen) atoms. The smallest absolute Gasteiger partial charge is 0.206 e. The molecule has 0 saturated carbocycles. The van der Waals surface area contributed by atoms with Crippen LogP contribution < -0.4 is 9.47 Å². The van der Waals surface area contributed by atoms with Crippen LogP contribution in [0, 0.1) is 5.92 Å². The van der Waals surface area contributed by atoms with Crippen molar-refractivity contribution < 1.29 is 26.3 Å². The summed E-state index contributed by atoms with van der Waals surface area (Å²) < 4.78 is 60.6. The quantitative estimate of drug-likeness (QED) is 0.344. The standard InChI is InChI=1S/C22H28Cl2O6S2/c1-4-6-11-29-22-20(23)12-19(13-21(22)24)32(27,28)18-9-7-17(8-10-18)30-14-16(3)15-31(25,26)5-2/h7-10,12-13,16H,4-6,11,14-15H2,1-3H3. The number of sulfone groups is 2. The molecule has 0 amide bonds. The van der Waals surface area contributed by atoms with Gasteiger partial charge in [0.15, 0.2) is 5.75 Å². The van der Waals surface area contributed by atoms with E-state index in [1.165, 1.54) is 36.4 Å². The molecular formula is C22H28Cl2O6S2. The number of ether oxygens (including phenoxy) is 2. The normalized spacial score (nSPS) is 13.0. The predicted molar refractivity (Wildman–Crippen MR) is 128 cm³/mol. The van der Waals surface area contributed by atoms with Crippen LogP contribution in [-0.2, 0) is 19.7 Å². The Morgan fingerprint density at radius 2 is 1.50 bits per heavy atom. The van der Waals surface area contributed by atoms with E-state index in [0.29, 0.717) is 12.4 Å². The molecule has 10 heteroatoms. The zero-order valence-electron chi connectivity index (χ0n) is 18.3. The van der Waals surface area contributed by atoms with Crippen LogP contribution in [0.4, 0.5) is 0 Å². The average Bonchev–Trinajstić information content (AvgIpc) is 2.74. The Hall–Kier alpha value is -1.48. The Labute approximate surface area is 200 Å². The lowest BCUT2D eigenvalue weighted by Gasteiger charge is -2.14. The average molecular weight is 524 g/mol. The highest BCUT2D eigenvalue weighted by Crippen LogP contribution is 2.37. The van der Waals surface area contributed by atoms with E-state index >= 15 is 0 Å². The van der Waals surface area contributed by atoms with Crippen LogP contribution in [0.1, 0.15) is 33.6 Å². The lowest BCUT2D eigenvalue weighted by molar-refractivity contribution is 0.271. The number of hydrogen-bond acceptors (Lipinski definition) is 6. The first-order valence-corrected chi connectivity index (χ1v) is 14.4. The van der Waals surface area contributed by atoms with Crippen LogP contribution in [-0.4, -0.2) is 41.6 Å². The molecule has 0 aliphatic heterocycles. The summed E-state index contributed by atoms with van der Waals surface area (Å²) >= 11 is 12.4. The molecule has 0 heterocycles. The van der Waals surface area contributed by atoms with Crippen LogP contribution in [0.25, 0.3) is 0 Å². The Kier molecular flexibility index (Phi) is 9.69. The minimum absolute atomic E-state index is 0.0373. The molecule has 0 saturated heterocycles. The third-order valence-electron chi connectivity index (χ3n) is 4.67. The van der Waals surface area contributed by atoms with Gasteiger partial charge in [-0.1, -0.05) is 50.4 Å². The first-order chi connectivity index (χ1) is 15.0. The van der Waals surface area contributed by atoms with Crippen LogP contribution >= 0.6 is 23.2 Å². The SMILES string of the molecule is CCCCOc1c(Cl)cc(S(=O)(=O)c2ccc(OCC(C)CS(=O)(=O)CC)cc2)cc1Cl. The number of benzene rings is 2. The minimum atomic E-state index is -3.86. The van der Waals surface area contributed by atoms with Crippen molar-refractivity contribution in [3.05, 3.63) is 46.4 Å². The molecule has 178 valence electrons. The van der Waals surface area contributed by atoms with E-state index in [4.69, 9.17) is 32.7 Å². The number of halogens is 2. The van der Waals surface area contributed by atoms with Gasteiger partial charge in [-0.15, -0.1) is 0 Å². The number of rotatable bonds is 12. The lowest BCUT2D eigenvalue weighted by Crippen LogP contribution is -2.20. The van der Waals surface area contributed by atoms with E-state index in [1.807, 2.05) is 6.92 Å². The molecule has 0 radical (unpaired) electrons. The van der Waals surface area contributed by atoms with E-state index in [9.17, 15) is 16.8 Å². The molecule has 6 nitrogen and oxygen atoms in total. The second kappa shape index (κ2) is 11.6. The monoisotopic (exact) mass is 522 g/mol. The van der Waals surface area contributed by atoms with Gasteiger partial charge in [0, 0.05) is 11.7 Å². The fourth-order valence-corrected chi connectivity index (χ4v) is 6.07. The Morgan fingerprint density at radius 3 is 2.03 bits per heavy atom. The topological polar surface area (TPSA) is 86.7 Å². The van der Waals surface area contributed by atoms with E-state index in [2.05, 4.69) is 0 Å². The summed E-state index contributed by atoms with van der Waals surface area (Å²) in [6.45, 7) is 6.06. The lowest BCUT2D eigenvalue weighted by atomic mass is 10.2. The zero-order valence-corrected chi connectivity index (χ0v) is 21.5. The summed E-state index contributed by atoms with van der Waals surface area (Å²) in [7, 11) is -6.95. The zero-order chi connectivity index (χ0) is 23.9. The fraction of sp³-hybridized carbons (Fsp3) is 0.455. The van der Waals surface area contributed by atoms with Crippen molar-refractivity contribution in [1.29, 1.82) is 0 Å². The molecule has 2 rings (SSSR count). The molecule has 2 aromatic carbocycles. The van der Waals surface area contributed by atoms with Crippen molar-refractivity contribution >= 4 is 42.9 Å². The second-order valence-electron chi connectivity index (χ2n) is 7.51. The molecule has 0 spiro atoms. The molecule has 0 aliphatic carbocycles. The van der Waals surface area contributed by atoms with Crippen molar-refractivity contribution in [2.24, 2.45) is 5.92 Å². The summed E-state index contributed by atoms with van der Waals surface area (Å²) in [4.78, 5) is 0.0145. The minimum Gasteiger partial charge on any atom is -0.493 e. The van der Waals surface area contributed by atoms with Gasteiger partial charge in [-0.2, -0.15) is 0 Å². The first kappa shape index (κ1) is 26.8. The van der Waals surface area contributed by atoms with Gasteiger partial charge in [-0.05, 0) is 42.8 Å². The number of unbranched alkanes of at least 4 members (excludes halogenated alkanes) is 1.